The Kier molecular flexibility index (Phi) is 5.67. The Labute approximate surface area is 158 Å². The first kappa shape index (κ1) is 18.4. The number of nitro benzene ring substituents is 1. The van der Waals surface area contributed by atoms with Crippen molar-refractivity contribution in [2.45, 2.75) is 5.16 Å². The summed E-state index contributed by atoms with van der Waals surface area (Å²) >= 11 is 1.20. The molecule has 10 heteroatoms. The second kappa shape index (κ2) is 8.32. The maximum absolute atomic E-state index is 12.2. The number of nitrogens with one attached hydrogen (secondary N) is 1. The number of nitro groups is 1. The van der Waals surface area contributed by atoms with Gasteiger partial charge in [-0.2, -0.15) is 0 Å². The third kappa shape index (κ3) is 4.61. The largest absolute Gasteiger partial charge is 0.497 e. The Balaban J connectivity index is 1.65. The molecule has 0 radical (unpaired) electrons. The summed E-state index contributed by atoms with van der Waals surface area (Å²) in [5.41, 5.74) is 1.09. The standard InChI is InChI=1S/C17H15N5O4S/c1-26-15-7-3-5-13(9-15)21-11-18-20-17(21)27-10-16(23)19-12-4-2-6-14(8-12)22(24)25/h2-9,11H,10H2,1H3,(H,19,23). The van der Waals surface area contributed by atoms with Crippen molar-refractivity contribution in [3.05, 3.63) is 65.0 Å². The molecule has 0 spiro atoms. The summed E-state index contributed by atoms with van der Waals surface area (Å²) < 4.78 is 6.95. The van der Waals surface area contributed by atoms with Crippen molar-refractivity contribution in [3.63, 3.8) is 0 Å². The fourth-order valence-corrected chi connectivity index (χ4v) is 3.01. The number of carbonyl (C=O) groups excluding carboxylic acids is 1. The molecule has 2 aromatic carbocycles. The molecule has 1 heterocycles. The molecule has 1 N–H and O–H groups in total. The molecular weight excluding hydrogens is 370 g/mol. The molecule has 0 bridgehead atoms. The highest BCUT2D eigenvalue weighted by molar-refractivity contribution is 7.99. The zero-order valence-electron chi connectivity index (χ0n) is 14.2. The molecule has 1 amide bonds. The maximum Gasteiger partial charge on any atom is 0.271 e. The van der Waals surface area contributed by atoms with Crippen LogP contribution < -0.4 is 10.1 Å². The summed E-state index contributed by atoms with van der Waals surface area (Å²) in [6.45, 7) is 0. The maximum atomic E-state index is 12.2. The molecule has 3 rings (SSSR count). The Morgan fingerprint density at radius 1 is 1.30 bits per heavy atom. The quantitative estimate of drug-likeness (QED) is 0.378. The number of rotatable bonds is 7. The molecule has 0 saturated heterocycles. The van der Waals surface area contributed by atoms with Crippen molar-refractivity contribution >= 4 is 29.0 Å². The summed E-state index contributed by atoms with van der Waals surface area (Å²) in [5.74, 6) is 0.465. The van der Waals surface area contributed by atoms with Gasteiger partial charge in [0.05, 0.1) is 23.5 Å². The van der Waals surface area contributed by atoms with Gasteiger partial charge in [-0.25, -0.2) is 0 Å². The Morgan fingerprint density at radius 2 is 2.11 bits per heavy atom. The zero-order chi connectivity index (χ0) is 19.2. The van der Waals surface area contributed by atoms with Crippen LogP contribution in [0.25, 0.3) is 5.69 Å². The first-order chi connectivity index (χ1) is 13.1. The molecule has 0 atom stereocenters. The first-order valence-corrected chi connectivity index (χ1v) is 8.77. The minimum atomic E-state index is -0.513. The van der Waals surface area contributed by atoms with Crippen molar-refractivity contribution < 1.29 is 14.5 Å². The monoisotopic (exact) mass is 385 g/mol. The van der Waals surface area contributed by atoms with E-state index in [9.17, 15) is 14.9 Å². The summed E-state index contributed by atoms with van der Waals surface area (Å²) in [7, 11) is 1.58. The number of ether oxygens (including phenoxy) is 1. The summed E-state index contributed by atoms with van der Waals surface area (Å²) in [5, 5.41) is 21.9. The average molecular weight is 385 g/mol. The van der Waals surface area contributed by atoms with Crippen molar-refractivity contribution in [1.29, 1.82) is 0 Å². The molecule has 0 fully saturated rings. The van der Waals surface area contributed by atoms with Gasteiger partial charge in [0.25, 0.3) is 5.69 Å². The lowest BCUT2D eigenvalue weighted by Gasteiger charge is -2.08. The van der Waals surface area contributed by atoms with Gasteiger partial charge in [-0.15, -0.1) is 10.2 Å². The second-order valence-electron chi connectivity index (χ2n) is 5.33. The minimum Gasteiger partial charge on any atom is -0.497 e. The van der Waals surface area contributed by atoms with Gasteiger partial charge in [0.15, 0.2) is 5.16 Å². The molecule has 0 aliphatic rings. The fourth-order valence-electron chi connectivity index (χ4n) is 2.28. The molecule has 9 nitrogen and oxygen atoms in total. The Bertz CT molecular complexity index is 975. The van der Waals surface area contributed by atoms with E-state index in [0.717, 1.165) is 5.69 Å². The number of amides is 1. The SMILES string of the molecule is COc1cccc(-n2cnnc2SCC(=O)Nc2cccc([N+](=O)[O-])c2)c1. The molecule has 0 saturated carbocycles. The lowest BCUT2D eigenvalue weighted by molar-refractivity contribution is -0.384. The molecule has 0 unspecified atom stereocenters. The van der Waals surface area contributed by atoms with Crippen molar-refractivity contribution in [2.75, 3.05) is 18.2 Å². The van der Waals surface area contributed by atoms with E-state index in [2.05, 4.69) is 15.5 Å². The van der Waals surface area contributed by atoms with Gasteiger partial charge in [-0.3, -0.25) is 19.5 Å². The van der Waals surface area contributed by atoms with E-state index in [4.69, 9.17) is 4.74 Å². The van der Waals surface area contributed by atoms with Crippen molar-refractivity contribution in [1.82, 2.24) is 14.8 Å². The van der Waals surface area contributed by atoms with Gasteiger partial charge >= 0.3 is 0 Å². The van der Waals surface area contributed by atoms with Gasteiger partial charge in [-0.05, 0) is 18.2 Å². The number of thioether (sulfide) groups is 1. The van der Waals surface area contributed by atoms with Crippen LogP contribution in [-0.4, -0.2) is 38.5 Å². The van der Waals surface area contributed by atoms with Crippen LogP contribution in [0.5, 0.6) is 5.75 Å². The number of carbonyl (C=O) groups is 1. The number of nitrogens with zero attached hydrogens (tertiary/aromatic N) is 4. The van der Waals surface area contributed by atoms with Gasteiger partial charge in [0, 0.05) is 23.9 Å². The lowest BCUT2D eigenvalue weighted by Crippen LogP contribution is -2.14. The molecular formula is C17H15N5O4S. The van der Waals surface area contributed by atoms with E-state index >= 15 is 0 Å². The number of benzene rings is 2. The zero-order valence-corrected chi connectivity index (χ0v) is 15.0. The topological polar surface area (TPSA) is 112 Å². The van der Waals surface area contributed by atoms with E-state index in [1.165, 1.54) is 30.0 Å². The van der Waals surface area contributed by atoms with E-state index < -0.39 is 4.92 Å². The van der Waals surface area contributed by atoms with Crippen molar-refractivity contribution in [3.8, 4) is 11.4 Å². The van der Waals surface area contributed by atoms with Crippen LogP contribution in [0, 0.1) is 10.1 Å². The number of hydrogen-bond acceptors (Lipinski definition) is 7. The molecule has 138 valence electrons. The third-order valence-electron chi connectivity index (χ3n) is 3.52. The van der Waals surface area contributed by atoms with Gasteiger partial charge in [0.1, 0.15) is 12.1 Å². The number of non-ortho nitro benzene ring substituents is 1. The van der Waals surface area contributed by atoms with Crippen LogP contribution in [0.15, 0.2) is 60.0 Å². The average Bonchev–Trinajstić information content (AvgIpc) is 3.15. The van der Waals surface area contributed by atoms with Gasteiger partial charge in [0.2, 0.25) is 5.91 Å². The Hall–Kier alpha value is -3.40. The van der Waals surface area contributed by atoms with E-state index in [0.29, 0.717) is 16.6 Å². The van der Waals surface area contributed by atoms with Crippen LogP contribution in [0.2, 0.25) is 0 Å². The number of methoxy groups -OCH3 is 1. The van der Waals surface area contributed by atoms with E-state index in [-0.39, 0.29) is 17.3 Å². The van der Waals surface area contributed by atoms with Gasteiger partial charge < -0.3 is 10.1 Å². The fraction of sp³-hybridized carbons (Fsp3) is 0.118. The van der Waals surface area contributed by atoms with E-state index in [1.54, 1.807) is 24.1 Å². The normalized spacial score (nSPS) is 10.4. The van der Waals surface area contributed by atoms with Crippen LogP contribution in [0.4, 0.5) is 11.4 Å². The summed E-state index contributed by atoms with van der Waals surface area (Å²) in [6, 6.07) is 13.2. The van der Waals surface area contributed by atoms with E-state index in [1.807, 2.05) is 24.3 Å². The highest BCUT2D eigenvalue weighted by atomic mass is 32.2. The lowest BCUT2D eigenvalue weighted by atomic mass is 10.3. The first-order valence-electron chi connectivity index (χ1n) is 7.78. The highest BCUT2D eigenvalue weighted by Gasteiger charge is 2.12. The molecule has 3 aromatic rings. The van der Waals surface area contributed by atoms with Crippen molar-refractivity contribution in [2.24, 2.45) is 0 Å². The molecule has 0 aliphatic heterocycles. The smallest absolute Gasteiger partial charge is 0.271 e. The van der Waals surface area contributed by atoms with Crippen LogP contribution >= 0.6 is 11.8 Å². The molecule has 1 aromatic heterocycles. The predicted octanol–water partition coefficient (Wildman–Crippen LogP) is 2.91. The van der Waals surface area contributed by atoms with Crippen LogP contribution in [0.3, 0.4) is 0 Å². The molecule has 0 aliphatic carbocycles. The third-order valence-corrected chi connectivity index (χ3v) is 4.46. The van der Waals surface area contributed by atoms with Gasteiger partial charge in [-0.1, -0.05) is 23.9 Å². The predicted molar refractivity (Wildman–Crippen MR) is 100 cm³/mol. The number of aromatic nitrogens is 3. The van der Waals surface area contributed by atoms with Crippen LogP contribution in [0.1, 0.15) is 0 Å². The highest BCUT2D eigenvalue weighted by Crippen LogP contribution is 2.23. The summed E-state index contributed by atoms with van der Waals surface area (Å²) in [4.78, 5) is 22.4. The molecule has 27 heavy (non-hydrogen) atoms. The number of hydrogen-bond donors (Lipinski definition) is 1. The Morgan fingerprint density at radius 3 is 2.89 bits per heavy atom. The number of anilines is 1. The van der Waals surface area contributed by atoms with Crippen LogP contribution in [-0.2, 0) is 4.79 Å². The summed E-state index contributed by atoms with van der Waals surface area (Å²) in [6.07, 6.45) is 1.55. The minimum absolute atomic E-state index is 0.0748. The second-order valence-corrected chi connectivity index (χ2v) is 6.27.